The highest BCUT2D eigenvalue weighted by Gasteiger charge is 2.13. The minimum Gasteiger partial charge on any atom is -0.321 e. The molecule has 0 bridgehead atoms. The van der Waals surface area contributed by atoms with Crippen molar-refractivity contribution >= 4 is 27.9 Å². The maximum Gasteiger partial charge on any atom is 0.275 e. The van der Waals surface area contributed by atoms with Crippen LogP contribution in [0.25, 0.3) is 4.96 Å². The first-order valence-electron chi connectivity index (χ1n) is 6.24. The lowest BCUT2D eigenvalue weighted by Gasteiger charge is -2.06. The molecule has 0 unspecified atom stereocenters. The van der Waals surface area contributed by atoms with Crippen molar-refractivity contribution in [3.8, 4) is 0 Å². The van der Waals surface area contributed by atoms with E-state index in [9.17, 15) is 4.79 Å². The van der Waals surface area contributed by atoms with Crippen LogP contribution in [0.15, 0.2) is 24.4 Å². The molecule has 1 amide bonds. The fourth-order valence-corrected chi connectivity index (χ4v) is 2.65. The number of carbonyl (C=O) groups excluding carboxylic acids is 1. The molecule has 0 atom stereocenters. The minimum atomic E-state index is -0.219. The van der Waals surface area contributed by atoms with Crippen molar-refractivity contribution in [3.05, 3.63) is 46.2 Å². The van der Waals surface area contributed by atoms with E-state index in [0.29, 0.717) is 5.69 Å². The fraction of sp³-hybridized carbons (Fsp3) is 0.214. The molecule has 0 spiro atoms. The molecule has 0 saturated carbocycles. The molecule has 3 aromatic rings. The molecule has 0 radical (unpaired) electrons. The number of anilines is 1. The van der Waals surface area contributed by atoms with E-state index >= 15 is 0 Å². The number of amides is 1. The predicted molar refractivity (Wildman–Crippen MR) is 79.5 cm³/mol. The lowest BCUT2D eigenvalue weighted by atomic mass is 10.1. The number of aryl methyl sites for hydroxylation is 3. The Labute approximate surface area is 120 Å². The molecule has 5 nitrogen and oxygen atoms in total. The second kappa shape index (κ2) is 4.72. The second-order valence-corrected chi connectivity index (χ2v) is 5.89. The Bertz CT molecular complexity index is 771. The fourth-order valence-electron chi connectivity index (χ4n) is 1.92. The molecule has 0 fully saturated rings. The van der Waals surface area contributed by atoms with Gasteiger partial charge in [-0.25, -0.2) is 9.50 Å². The molecular weight excluding hydrogens is 272 g/mol. The van der Waals surface area contributed by atoms with Crippen LogP contribution in [0.4, 0.5) is 5.69 Å². The highest BCUT2D eigenvalue weighted by Crippen LogP contribution is 2.17. The van der Waals surface area contributed by atoms with Gasteiger partial charge in [-0.05, 0) is 44.0 Å². The number of carbonyl (C=O) groups is 1. The van der Waals surface area contributed by atoms with E-state index in [-0.39, 0.29) is 5.91 Å². The number of fused-ring (bicyclic) bond motifs is 1. The Morgan fingerprint density at radius 1 is 1.25 bits per heavy atom. The Morgan fingerprint density at radius 3 is 2.75 bits per heavy atom. The zero-order chi connectivity index (χ0) is 14.3. The molecular formula is C14H14N4OS. The summed E-state index contributed by atoms with van der Waals surface area (Å²) < 4.78 is 1.63. The number of hydrogen-bond acceptors (Lipinski definition) is 4. The van der Waals surface area contributed by atoms with Crippen LogP contribution < -0.4 is 5.32 Å². The van der Waals surface area contributed by atoms with Crippen LogP contribution >= 0.6 is 11.3 Å². The molecule has 0 aliphatic rings. The minimum absolute atomic E-state index is 0.219. The van der Waals surface area contributed by atoms with Crippen LogP contribution in [-0.2, 0) is 0 Å². The van der Waals surface area contributed by atoms with Crippen molar-refractivity contribution < 1.29 is 4.79 Å². The standard InChI is InChI=1S/C14H14N4OS/c1-8-4-5-11(6-9(8)2)15-13(19)12-7-18-14(16-12)20-10(3)17-18/h4-7H,1-3H3,(H,15,19). The lowest BCUT2D eigenvalue weighted by Crippen LogP contribution is -2.12. The van der Waals surface area contributed by atoms with Crippen molar-refractivity contribution in [1.82, 2.24) is 14.6 Å². The van der Waals surface area contributed by atoms with E-state index in [4.69, 9.17) is 0 Å². The molecule has 0 aliphatic heterocycles. The number of aromatic nitrogens is 3. The molecule has 0 saturated heterocycles. The maximum absolute atomic E-state index is 12.2. The van der Waals surface area contributed by atoms with E-state index in [2.05, 4.69) is 15.4 Å². The summed E-state index contributed by atoms with van der Waals surface area (Å²) in [5, 5.41) is 8.02. The first kappa shape index (κ1) is 12.8. The van der Waals surface area contributed by atoms with Gasteiger partial charge >= 0.3 is 0 Å². The van der Waals surface area contributed by atoms with Crippen LogP contribution in [0.1, 0.15) is 26.6 Å². The topological polar surface area (TPSA) is 59.3 Å². The van der Waals surface area contributed by atoms with Crippen LogP contribution in [0.3, 0.4) is 0 Å². The van der Waals surface area contributed by atoms with Gasteiger partial charge in [-0.15, -0.1) is 0 Å². The molecule has 2 aromatic heterocycles. The molecule has 102 valence electrons. The summed E-state index contributed by atoms with van der Waals surface area (Å²) in [5.74, 6) is -0.219. The third-order valence-corrected chi connectivity index (χ3v) is 3.98. The largest absolute Gasteiger partial charge is 0.321 e. The van der Waals surface area contributed by atoms with E-state index in [0.717, 1.165) is 21.2 Å². The first-order valence-corrected chi connectivity index (χ1v) is 7.06. The van der Waals surface area contributed by atoms with Crippen molar-refractivity contribution in [1.29, 1.82) is 0 Å². The molecule has 1 aromatic carbocycles. The number of nitrogens with one attached hydrogen (secondary N) is 1. The molecule has 1 N–H and O–H groups in total. The van der Waals surface area contributed by atoms with Gasteiger partial charge in [0.25, 0.3) is 5.91 Å². The van der Waals surface area contributed by atoms with Crippen LogP contribution in [-0.4, -0.2) is 20.5 Å². The lowest BCUT2D eigenvalue weighted by molar-refractivity contribution is 0.102. The van der Waals surface area contributed by atoms with Crippen molar-refractivity contribution in [3.63, 3.8) is 0 Å². The Hall–Kier alpha value is -2.21. The van der Waals surface area contributed by atoms with Crippen molar-refractivity contribution in [2.24, 2.45) is 0 Å². The van der Waals surface area contributed by atoms with Gasteiger partial charge in [-0.3, -0.25) is 4.79 Å². The van der Waals surface area contributed by atoms with Gasteiger partial charge in [0.05, 0.1) is 6.20 Å². The van der Waals surface area contributed by atoms with E-state index in [1.54, 1.807) is 10.7 Å². The quantitative estimate of drug-likeness (QED) is 0.788. The molecule has 0 aliphatic carbocycles. The van der Waals surface area contributed by atoms with E-state index in [1.807, 2.05) is 39.0 Å². The van der Waals surface area contributed by atoms with Crippen LogP contribution in [0.5, 0.6) is 0 Å². The zero-order valence-electron chi connectivity index (χ0n) is 11.5. The summed E-state index contributed by atoms with van der Waals surface area (Å²) >= 11 is 1.46. The molecule has 6 heteroatoms. The van der Waals surface area contributed by atoms with Gasteiger partial charge in [0.15, 0.2) is 0 Å². The number of imidazole rings is 1. The van der Waals surface area contributed by atoms with Gasteiger partial charge in [0.1, 0.15) is 10.7 Å². The zero-order valence-corrected chi connectivity index (χ0v) is 12.3. The first-order chi connectivity index (χ1) is 9.52. The molecule has 3 rings (SSSR count). The summed E-state index contributed by atoms with van der Waals surface area (Å²) in [5.41, 5.74) is 3.50. The highest BCUT2D eigenvalue weighted by molar-refractivity contribution is 7.16. The number of nitrogens with zero attached hydrogens (tertiary/aromatic N) is 3. The van der Waals surface area contributed by atoms with Gasteiger partial charge < -0.3 is 5.32 Å². The number of rotatable bonds is 2. The van der Waals surface area contributed by atoms with Gasteiger partial charge in [-0.1, -0.05) is 17.4 Å². The van der Waals surface area contributed by atoms with E-state index in [1.165, 1.54) is 16.9 Å². The Balaban J connectivity index is 1.84. The molecule has 2 heterocycles. The van der Waals surface area contributed by atoms with Crippen molar-refractivity contribution in [2.75, 3.05) is 5.32 Å². The van der Waals surface area contributed by atoms with Gasteiger partial charge in [-0.2, -0.15) is 5.10 Å². The predicted octanol–water partition coefficient (Wildman–Crippen LogP) is 2.97. The maximum atomic E-state index is 12.2. The van der Waals surface area contributed by atoms with Gasteiger partial charge in [0.2, 0.25) is 4.96 Å². The number of benzene rings is 1. The summed E-state index contributed by atoms with van der Waals surface area (Å²) in [6, 6.07) is 5.83. The average Bonchev–Trinajstić information content (AvgIpc) is 2.91. The van der Waals surface area contributed by atoms with Gasteiger partial charge in [0, 0.05) is 5.69 Å². The third kappa shape index (κ3) is 2.30. The Morgan fingerprint density at radius 2 is 2.05 bits per heavy atom. The SMILES string of the molecule is Cc1nn2cc(C(=O)Nc3ccc(C)c(C)c3)nc2s1. The smallest absolute Gasteiger partial charge is 0.275 e. The van der Waals surface area contributed by atoms with E-state index < -0.39 is 0 Å². The highest BCUT2D eigenvalue weighted by atomic mass is 32.1. The third-order valence-electron chi connectivity index (χ3n) is 3.14. The summed E-state index contributed by atoms with van der Waals surface area (Å²) in [4.78, 5) is 17.2. The second-order valence-electron chi connectivity index (χ2n) is 4.73. The normalized spacial score (nSPS) is 10.9. The molecule has 20 heavy (non-hydrogen) atoms. The average molecular weight is 286 g/mol. The van der Waals surface area contributed by atoms with Crippen LogP contribution in [0.2, 0.25) is 0 Å². The van der Waals surface area contributed by atoms with Crippen molar-refractivity contribution in [2.45, 2.75) is 20.8 Å². The number of hydrogen-bond donors (Lipinski definition) is 1. The Kier molecular flexibility index (Phi) is 3.02. The monoisotopic (exact) mass is 286 g/mol. The summed E-state index contributed by atoms with van der Waals surface area (Å²) in [6.45, 7) is 5.97. The summed E-state index contributed by atoms with van der Waals surface area (Å²) in [7, 11) is 0. The summed E-state index contributed by atoms with van der Waals surface area (Å²) in [6.07, 6.45) is 1.65. The van der Waals surface area contributed by atoms with Crippen LogP contribution in [0, 0.1) is 20.8 Å².